The number of carbonyl (C=O) groups excluding carboxylic acids is 1. The van der Waals surface area contributed by atoms with E-state index in [2.05, 4.69) is 0 Å². The van der Waals surface area contributed by atoms with Gasteiger partial charge in [0.25, 0.3) is 0 Å². The van der Waals surface area contributed by atoms with Crippen LogP contribution in [0.25, 0.3) is 0 Å². The zero-order valence-corrected chi connectivity index (χ0v) is 11.5. The minimum absolute atomic E-state index is 0.00507. The van der Waals surface area contributed by atoms with E-state index in [9.17, 15) is 4.79 Å². The summed E-state index contributed by atoms with van der Waals surface area (Å²) in [6.07, 6.45) is -1.72. The van der Waals surface area contributed by atoms with Crippen molar-refractivity contribution in [3.05, 3.63) is 0 Å². The molecule has 108 valence electrons. The van der Waals surface area contributed by atoms with Crippen LogP contribution in [0.2, 0.25) is 0 Å². The summed E-state index contributed by atoms with van der Waals surface area (Å²) in [5.41, 5.74) is 0. The van der Waals surface area contributed by atoms with Crippen LogP contribution < -0.4 is 0 Å². The Morgan fingerprint density at radius 3 is 1.61 bits per heavy atom. The van der Waals surface area contributed by atoms with Gasteiger partial charge in [-0.05, 0) is 27.9 Å². The van der Waals surface area contributed by atoms with E-state index in [1.165, 1.54) is 0 Å². The molecule has 2 atom stereocenters. The molecule has 0 aromatic heterocycles. The standard InChI is InChI=1S/C11H24N2O5/c1-9(12(3)5-7-14)17-11(16)18-10(2)13(4)6-8-15/h9-10,14-15H,5-8H2,1-4H3. The number of ether oxygens (including phenoxy) is 2. The van der Waals surface area contributed by atoms with E-state index in [1.807, 2.05) is 0 Å². The summed E-state index contributed by atoms with van der Waals surface area (Å²) in [4.78, 5) is 14.8. The topological polar surface area (TPSA) is 82.5 Å². The number of likely N-dealkylation sites (N-methyl/N-ethyl adjacent to an activating group) is 2. The van der Waals surface area contributed by atoms with Crippen molar-refractivity contribution in [1.82, 2.24) is 9.80 Å². The molecule has 0 aliphatic rings. The number of hydrogen-bond acceptors (Lipinski definition) is 7. The second-order valence-corrected chi connectivity index (χ2v) is 4.09. The molecular formula is C11H24N2O5. The Bertz CT molecular complexity index is 217. The van der Waals surface area contributed by atoms with Crippen LogP contribution in [-0.4, -0.2) is 79.0 Å². The Kier molecular flexibility index (Phi) is 8.65. The van der Waals surface area contributed by atoms with Crippen LogP contribution in [0.1, 0.15) is 13.8 Å². The fraction of sp³-hybridized carbons (Fsp3) is 0.909. The third-order valence-electron chi connectivity index (χ3n) is 2.68. The van der Waals surface area contributed by atoms with Gasteiger partial charge in [-0.3, -0.25) is 9.80 Å². The van der Waals surface area contributed by atoms with E-state index in [1.54, 1.807) is 37.7 Å². The highest BCUT2D eigenvalue weighted by molar-refractivity contribution is 5.60. The number of aliphatic hydroxyl groups excluding tert-OH is 2. The molecule has 2 unspecified atom stereocenters. The van der Waals surface area contributed by atoms with E-state index in [4.69, 9.17) is 19.7 Å². The molecule has 0 fully saturated rings. The van der Waals surface area contributed by atoms with Crippen molar-refractivity contribution in [2.45, 2.75) is 26.3 Å². The Hall–Kier alpha value is -0.890. The SMILES string of the molecule is CC(OC(=O)OC(C)N(C)CCO)N(C)CCO. The van der Waals surface area contributed by atoms with Crippen molar-refractivity contribution in [2.24, 2.45) is 0 Å². The lowest BCUT2D eigenvalue weighted by atomic mass is 10.5. The van der Waals surface area contributed by atoms with Gasteiger partial charge < -0.3 is 19.7 Å². The lowest BCUT2D eigenvalue weighted by molar-refractivity contribution is -0.0723. The smallest absolute Gasteiger partial charge is 0.415 e. The number of aliphatic hydroxyl groups is 2. The van der Waals surface area contributed by atoms with E-state index >= 15 is 0 Å². The zero-order chi connectivity index (χ0) is 14.1. The Labute approximate surface area is 108 Å². The lowest BCUT2D eigenvalue weighted by Gasteiger charge is -2.26. The van der Waals surface area contributed by atoms with Crippen molar-refractivity contribution in [3.63, 3.8) is 0 Å². The second-order valence-electron chi connectivity index (χ2n) is 4.09. The van der Waals surface area contributed by atoms with Crippen LogP contribution >= 0.6 is 0 Å². The molecule has 18 heavy (non-hydrogen) atoms. The van der Waals surface area contributed by atoms with Gasteiger partial charge in [0.1, 0.15) is 0 Å². The Balaban J connectivity index is 4.02. The minimum atomic E-state index is -0.774. The van der Waals surface area contributed by atoms with Crippen LogP contribution in [-0.2, 0) is 9.47 Å². The predicted octanol–water partition coefficient (Wildman–Crippen LogP) is -0.320. The summed E-state index contributed by atoms with van der Waals surface area (Å²) >= 11 is 0. The third kappa shape index (κ3) is 6.75. The normalized spacial score (nSPS) is 14.7. The maximum Gasteiger partial charge on any atom is 0.511 e. The average molecular weight is 264 g/mol. The highest BCUT2D eigenvalue weighted by Crippen LogP contribution is 2.03. The molecule has 0 aromatic carbocycles. The minimum Gasteiger partial charge on any atom is -0.415 e. The monoisotopic (exact) mass is 264 g/mol. The van der Waals surface area contributed by atoms with Gasteiger partial charge in [0, 0.05) is 13.1 Å². The molecule has 2 N–H and O–H groups in total. The Morgan fingerprint density at radius 1 is 1.00 bits per heavy atom. The Morgan fingerprint density at radius 2 is 1.33 bits per heavy atom. The van der Waals surface area contributed by atoms with E-state index in [-0.39, 0.29) is 13.2 Å². The first-order valence-electron chi connectivity index (χ1n) is 5.91. The van der Waals surface area contributed by atoms with Crippen LogP contribution in [0, 0.1) is 0 Å². The first-order chi connectivity index (χ1) is 8.42. The van der Waals surface area contributed by atoms with Gasteiger partial charge >= 0.3 is 6.16 Å². The maximum atomic E-state index is 11.5. The lowest BCUT2D eigenvalue weighted by Crippen LogP contribution is -2.39. The first-order valence-corrected chi connectivity index (χ1v) is 5.91. The summed E-state index contributed by atoms with van der Waals surface area (Å²) in [5, 5.41) is 17.5. The molecule has 7 nitrogen and oxygen atoms in total. The third-order valence-corrected chi connectivity index (χ3v) is 2.68. The zero-order valence-electron chi connectivity index (χ0n) is 11.5. The molecule has 0 aromatic rings. The fourth-order valence-corrected chi connectivity index (χ4v) is 1.17. The molecule has 7 heteroatoms. The summed E-state index contributed by atoms with van der Waals surface area (Å²) in [6, 6.07) is 0. The molecule has 0 aliphatic carbocycles. The molecule has 0 spiro atoms. The van der Waals surface area contributed by atoms with Crippen LogP contribution in [0.4, 0.5) is 4.79 Å². The molecule has 0 bridgehead atoms. The van der Waals surface area contributed by atoms with Crippen molar-refractivity contribution >= 4 is 6.16 Å². The molecule has 0 heterocycles. The molecular weight excluding hydrogens is 240 g/mol. The quantitative estimate of drug-likeness (QED) is 0.459. The molecule has 0 rings (SSSR count). The van der Waals surface area contributed by atoms with Crippen LogP contribution in [0.15, 0.2) is 0 Å². The number of nitrogens with zero attached hydrogens (tertiary/aromatic N) is 2. The van der Waals surface area contributed by atoms with Crippen molar-refractivity contribution in [3.8, 4) is 0 Å². The fourth-order valence-electron chi connectivity index (χ4n) is 1.17. The average Bonchev–Trinajstić information content (AvgIpc) is 2.29. The summed E-state index contributed by atoms with van der Waals surface area (Å²) in [6.45, 7) is 4.20. The van der Waals surface area contributed by atoms with E-state index in [0.717, 1.165) is 0 Å². The predicted molar refractivity (Wildman–Crippen MR) is 65.9 cm³/mol. The van der Waals surface area contributed by atoms with Gasteiger partial charge in [0.15, 0.2) is 12.5 Å². The highest BCUT2D eigenvalue weighted by Gasteiger charge is 2.19. The van der Waals surface area contributed by atoms with Crippen molar-refractivity contribution in [1.29, 1.82) is 0 Å². The highest BCUT2D eigenvalue weighted by atomic mass is 16.7. The van der Waals surface area contributed by atoms with Gasteiger partial charge in [-0.2, -0.15) is 0 Å². The van der Waals surface area contributed by atoms with Gasteiger partial charge in [0.05, 0.1) is 13.2 Å². The van der Waals surface area contributed by atoms with Gasteiger partial charge in [0.2, 0.25) is 0 Å². The van der Waals surface area contributed by atoms with Gasteiger partial charge in [-0.15, -0.1) is 0 Å². The summed E-state index contributed by atoms with van der Waals surface area (Å²) in [5.74, 6) is 0. The summed E-state index contributed by atoms with van der Waals surface area (Å²) < 4.78 is 10.1. The first kappa shape index (κ1) is 17.1. The van der Waals surface area contributed by atoms with E-state index in [0.29, 0.717) is 13.1 Å². The largest absolute Gasteiger partial charge is 0.511 e. The molecule has 0 aliphatic heterocycles. The molecule has 0 radical (unpaired) electrons. The molecule has 0 amide bonds. The van der Waals surface area contributed by atoms with Crippen LogP contribution in [0.3, 0.4) is 0 Å². The van der Waals surface area contributed by atoms with Gasteiger partial charge in [-0.1, -0.05) is 0 Å². The number of hydrogen-bond donors (Lipinski definition) is 2. The number of carbonyl (C=O) groups is 1. The number of rotatable bonds is 8. The maximum absolute atomic E-state index is 11.5. The van der Waals surface area contributed by atoms with Crippen molar-refractivity contribution < 1.29 is 24.5 Å². The van der Waals surface area contributed by atoms with Gasteiger partial charge in [-0.25, -0.2) is 4.79 Å². The second kappa shape index (κ2) is 9.09. The summed E-state index contributed by atoms with van der Waals surface area (Å²) in [7, 11) is 3.46. The van der Waals surface area contributed by atoms with Crippen molar-refractivity contribution in [2.75, 3.05) is 40.4 Å². The van der Waals surface area contributed by atoms with E-state index < -0.39 is 18.6 Å². The van der Waals surface area contributed by atoms with Crippen LogP contribution in [0.5, 0.6) is 0 Å². The molecule has 0 saturated heterocycles. The molecule has 0 saturated carbocycles.